The van der Waals surface area contributed by atoms with Crippen molar-refractivity contribution >= 4 is 17.3 Å². The molecule has 4 heteroatoms. The SMILES string of the molecule is O[C@@H]1CCC[C@@H]1Nc1ccncc1Cl. The molecule has 0 spiro atoms. The molecule has 2 rings (SSSR count). The van der Waals surface area contributed by atoms with E-state index in [-0.39, 0.29) is 12.1 Å². The number of aliphatic hydroxyl groups excluding tert-OH is 1. The smallest absolute Gasteiger partial charge is 0.0820 e. The second kappa shape index (κ2) is 4.15. The fraction of sp³-hybridized carbons (Fsp3) is 0.500. The highest BCUT2D eigenvalue weighted by atomic mass is 35.5. The van der Waals surface area contributed by atoms with Gasteiger partial charge in [-0.05, 0) is 25.3 Å². The van der Waals surface area contributed by atoms with Gasteiger partial charge in [-0.15, -0.1) is 0 Å². The summed E-state index contributed by atoms with van der Waals surface area (Å²) in [5, 5.41) is 13.5. The van der Waals surface area contributed by atoms with Gasteiger partial charge in [0.2, 0.25) is 0 Å². The van der Waals surface area contributed by atoms with Crippen molar-refractivity contribution in [2.45, 2.75) is 31.4 Å². The number of rotatable bonds is 2. The summed E-state index contributed by atoms with van der Waals surface area (Å²) in [6.45, 7) is 0. The fourth-order valence-corrected chi connectivity index (χ4v) is 1.97. The molecule has 2 N–H and O–H groups in total. The van der Waals surface area contributed by atoms with Crippen LogP contribution in [0.4, 0.5) is 5.69 Å². The number of halogens is 1. The molecule has 1 fully saturated rings. The zero-order chi connectivity index (χ0) is 9.97. The molecular formula is C10H13ClN2O. The van der Waals surface area contributed by atoms with E-state index < -0.39 is 0 Å². The standard InChI is InChI=1S/C10H13ClN2O/c11-7-6-12-5-4-8(7)13-9-2-1-3-10(9)14/h4-6,9-10,14H,1-3H2,(H,12,13)/t9-,10+/m0/s1. The topological polar surface area (TPSA) is 45.1 Å². The Morgan fingerprint density at radius 1 is 1.50 bits per heavy atom. The maximum Gasteiger partial charge on any atom is 0.0820 e. The van der Waals surface area contributed by atoms with Gasteiger partial charge in [-0.2, -0.15) is 0 Å². The Labute approximate surface area is 88.1 Å². The highest BCUT2D eigenvalue weighted by Gasteiger charge is 2.25. The number of aliphatic hydroxyl groups is 1. The summed E-state index contributed by atoms with van der Waals surface area (Å²) in [7, 11) is 0. The van der Waals surface area contributed by atoms with Gasteiger partial charge in [0.15, 0.2) is 0 Å². The van der Waals surface area contributed by atoms with E-state index in [1.165, 1.54) is 0 Å². The first-order valence-corrected chi connectivity index (χ1v) is 5.19. The van der Waals surface area contributed by atoms with Gasteiger partial charge in [0.05, 0.1) is 22.9 Å². The number of aromatic nitrogens is 1. The lowest BCUT2D eigenvalue weighted by molar-refractivity contribution is 0.172. The number of pyridine rings is 1. The lowest BCUT2D eigenvalue weighted by Gasteiger charge is -2.18. The van der Waals surface area contributed by atoms with Crippen LogP contribution in [0.15, 0.2) is 18.5 Å². The van der Waals surface area contributed by atoms with E-state index in [0.717, 1.165) is 24.9 Å². The first-order chi connectivity index (χ1) is 6.77. The highest BCUT2D eigenvalue weighted by Crippen LogP contribution is 2.26. The number of hydrogen-bond acceptors (Lipinski definition) is 3. The Kier molecular flexibility index (Phi) is 2.89. The Bertz CT molecular complexity index is 319. The molecular weight excluding hydrogens is 200 g/mol. The van der Waals surface area contributed by atoms with Crippen LogP contribution < -0.4 is 5.32 Å². The second-order valence-electron chi connectivity index (χ2n) is 3.60. The van der Waals surface area contributed by atoms with Crippen LogP contribution in [0.5, 0.6) is 0 Å². The van der Waals surface area contributed by atoms with E-state index in [4.69, 9.17) is 11.6 Å². The predicted octanol–water partition coefficient (Wildman–Crippen LogP) is 2.06. The quantitative estimate of drug-likeness (QED) is 0.789. The van der Waals surface area contributed by atoms with Crippen molar-refractivity contribution in [3.63, 3.8) is 0 Å². The van der Waals surface area contributed by atoms with Crippen LogP contribution in [0.1, 0.15) is 19.3 Å². The number of nitrogens with one attached hydrogen (secondary N) is 1. The third-order valence-corrected chi connectivity index (χ3v) is 2.89. The summed E-state index contributed by atoms with van der Waals surface area (Å²) < 4.78 is 0. The van der Waals surface area contributed by atoms with Crippen LogP contribution in [0.3, 0.4) is 0 Å². The summed E-state index contributed by atoms with van der Waals surface area (Å²) in [5.41, 5.74) is 0.854. The molecule has 0 radical (unpaired) electrons. The molecule has 0 amide bonds. The van der Waals surface area contributed by atoms with Gasteiger partial charge < -0.3 is 10.4 Å². The van der Waals surface area contributed by atoms with E-state index >= 15 is 0 Å². The maximum absolute atomic E-state index is 9.62. The van der Waals surface area contributed by atoms with E-state index in [0.29, 0.717) is 5.02 Å². The first-order valence-electron chi connectivity index (χ1n) is 4.81. The summed E-state index contributed by atoms with van der Waals surface area (Å²) in [6, 6.07) is 1.96. The number of nitrogens with zero attached hydrogens (tertiary/aromatic N) is 1. The van der Waals surface area contributed by atoms with Crippen molar-refractivity contribution < 1.29 is 5.11 Å². The number of hydrogen-bond donors (Lipinski definition) is 2. The molecule has 0 aromatic carbocycles. The lowest BCUT2D eigenvalue weighted by Crippen LogP contribution is -2.27. The molecule has 1 saturated carbocycles. The van der Waals surface area contributed by atoms with Crippen LogP contribution in [0.25, 0.3) is 0 Å². The summed E-state index contributed by atoms with van der Waals surface area (Å²) in [5.74, 6) is 0. The zero-order valence-corrected chi connectivity index (χ0v) is 8.54. The molecule has 1 aliphatic rings. The maximum atomic E-state index is 9.62. The molecule has 14 heavy (non-hydrogen) atoms. The van der Waals surface area contributed by atoms with Gasteiger partial charge >= 0.3 is 0 Å². The van der Waals surface area contributed by atoms with Gasteiger partial charge in [-0.25, -0.2) is 0 Å². The van der Waals surface area contributed by atoms with Crippen molar-refractivity contribution in [2.24, 2.45) is 0 Å². The summed E-state index contributed by atoms with van der Waals surface area (Å²) in [4.78, 5) is 3.90. The minimum Gasteiger partial charge on any atom is -0.391 e. The van der Waals surface area contributed by atoms with Crippen molar-refractivity contribution in [2.75, 3.05) is 5.32 Å². The molecule has 3 nitrogen and oxygen atoms in total. The van der Waals surface area contributed by atoms with Crippen LogP contribution in [0.2, 0.25) is 5.02 Å². The van der Waals surface area contributed by atoms with Gasteiger partial charge in [0.1, 0.15) is 0 Å². The van der Waals surface area contributed by atoms with E-state index in [9.17, 15) is 5.11 Å². The zero-order valence-electron chi connectivity index (χ0n) is 7.78. The molecule has 1 aromatic heterocycles. The van der Waals surface area contributed by atoms with Crippen molar-refractivity contribution in [3.8, 4) is 0 Å². The van der Waals surface area contributed by atoms with Gasteiger partial charge in [0, 0.05) is 12.4 Å². The minimum absolute atomic E-state index is 0.134. The van der Waals surface area contributed by atoms with E-state index in [1.54, 1.807) is 12.4 Å². The van der Waals surface area contributed by atoms with Gasteiger partial charge in [-0.1, -0.05) is 11.6 Å². The molecule has 2 atom stereocenters. The van der Waals surface area contributed by atoms with E-state index in [2.05, 4.69) is 10.3 Å². The fourth-order valence-electron chi connectivity index (χ4n) is 1.80. The third-order valence-electron chi connectivity index (χ3n) is 2.59. The molecule has 1 aliphatic carbocycles. The lowest BCUT2D eigenvalue weighted by atomic mass is 10.2. The predicted molar refractivity (Wildman–Crippen MR) is 56.5 cm³/mol. The molecule has 0 aliphatic heterocycles. The molecule has 1 heterocycles. The Morgan fingerprint density at radius 2 is 2.36 bits per heavy atom. The van der Waals surface area contributed by atoms with E-state index in [1.807, 2.05) is 6.07 Å². The Morgan fingerprint density at radius 3 is 3.00 bits per heavy atom. The monoisotopic (exact) mass is 212 g/mol. The third kappa shape index (κ3) is 1.99. The molecule has 1 aromatic rings. The highest BCUT2D eigenvalue weighted by molar-refractivity contribution is 6.33. The van der Waals surface area contributed by atoms with Crippen molar-refractivity contribution in [1.82, 2.24) is 4.98 Å². The Balaban J connectivity index is 2.07. The second-order valence-corrected chi connectivity index (χ2v) is 4.01. The van der Waals surface area contributed by atoms with Gasteiger partial charge in [0.25, 0.3) is 0 Å². The summed E-state index contributed by atoms with van der Waals surface area (Å²) in [6.07, 6.45) is 5.99. The van der Waals surface area contributed by atoms with Crippen LogP contribution in [-0.4, -0.2) is 22.2 Å². The largest absolute Gasteiger partial charge is 0.391 e. The average molecular weight is 213 g/mol. The van der Waals surface area contributed by atoms with Crippen LogP contribution >= 0.6 is 11.6 Å². The number of anilines is 1. The van der Waals surface area contributed by atoms with Crippen molar-refractivity contribution in [1.29, 1.82) is 0 Å². The first kappa shape index (κ1) is 9.74. The van der Waals surface area contributed by atoms with Crippen LogP contribution in [0, 0.1) is 0 Å². The summed E-state index contributed by atoms with van der Waals surface area (Å²) >= 11 is 5.94. The Hall–Kier alpha value is -0.800. The molecule has 0 unspecified atom stereocenters. The molecule has 0 bridgehead atoms. The molecule has 76 valence electrons. The van der Waals surface area contributed by atoms with Crippen molar-refractivity contribution in [3.05, 3.63) is 23.5 Å². The average Bonchev–Trinajstić information content (AvgIpc) is 2.56. The minimum atomic E-state index is -0.251. The van der Waals surface area contributed by atoms with Gasteiger partial charge in [-0.3, -0.25) is 4.98 Å². The normalized spacial score (nSPS) is 26.4. The van der Waals surface area contributed by atoms with Crippen LogP contribution in [-0.2, 0) is 0 Å². The molecule has 0 saturated heterocycles.